The van der Waals surface area contributed by atoms with Crippen LogP contribution in [0.15, 0.2) is 24.3 Å². The Morgan fingerprint density at radius 1 is 1.40 bits per heavy atom. The molecule has 15 heavy (non-hydrogen) atoms. The molecule has 0 saturated carbocycles. The van der Waals surface area contributed by atoms with Crippen LogP contribution in [0.4, 0.5) is 10.1 Å². The van der Waals surface area contributed by atoms with Crippen LogP contribution in [0.3, 0.4) is 0 Å². The normalized spacial score (nSPS) is 9.73. The lowest BCUT2D eigenvalue weighted by atomic mass is 10.2. The highest BCUT2D eigenvalue weighted by atomic mass is 79.9. The van der Waals surface area contributed by atoms with E-state index in [4.69, 9.17) is 0 Å². The lowest BCUT2D eigenvalue weighted by Gasteiger charge is -2.03. The molecular formula is C10H9BrFNO2. The van der Waals surface area contributed by atoms with Gasteiger partial charge in [-0.1, -0.05) is 22.0 Å². The average Bonchev–Trinajstić information content (AvgIpc) is 2.17. The number of amides is 1. The zero-order valence-corrected chi connectivity index (χ0v) is 9.38. The first kappa shape index (κ1) is 11.8. The summed E-state index contributed by atoms with van der Waals surface area (Å²) >= 11 is 2.95. The molecule has 0 atom stereocenters. The summed E-state index contributed by atoms with van der Waals surface area (Å²) in [4.78, 5) is 22.1. The molecule has 0 unspecified atom stereocenters. The fourth-order valence-corrected chi connectivity index (χ4v) is 1.20. The first-order chi connectivity index (χ1) is 7.11. The van der Waals surface area contributed by atoms with Gasteiger partial charge >= 0.3 is 0 Å². The second-order valence-electron chi connectivity index (χ2n) is 2.91. The molecular weight excluding hydrogens is 265 g/mol. The van der Waals surface area contributed by atoms with Gasteiger partial charge < -0.3 is 5.32 Å². The number of carbonyl (C=O) groups is 2. The van der Waals surface area contributed by atoms with Gasteiger partial charge in [-0.25, -0.2) is 4.39 Å². The van der Waals surface area contributed by atoms with Gasteiger partial charge in [0.05, 0.1) is 11.8 Å². The number of hydrogen-bond acceptors (Lipinski definition) is 2. The number of rotatable bonds is 4. The molecule has 0 aliphatic carbocycles. The summed E-state index contributed by atoms with van der Waals surface area (Å²) < 4.78 is 12.7. The molecule has 1 rings (SSSR count). The van der Waals surface area contributed by atoms with Crippen LogP contribution in [0.25, 0.3) is 0 Å². The third-order valence-corrected chi connectivity index (χ3v) is 2.24. The van der Waals surface area contributed by atoms with Crippen molar-refractivity contribution in [2.24, 2.45) is 0 Å². The van der Waals surface area contributed by atoms with Crippen LogP contribution in [-0.2, 0) is 9.59 Å². The van der Waals surface area contributed by atoms with Crippen LogP contribution in [0.2, 0.25) is 0 Å². The number of alkyl halides is 1. The van der Waals surface area contributed by atoms with Gasteiger partial charge in [-0.15, -0.1) is 0 Å². The van der Waals surface area contributed by atoms with Crippen molar-refractivity contribution in [2.75, 3.05) is 10.6 Å². The van der Waals surface area contributed by atoms with Gasteiger partial charge in [0.1, 0.15) is 5.82 Å². The Kier molecular flexibility index (Phi) is 4.42. The van der Waals surface area contributed by atoms with Crippen LogP contribution in [0, 0.1) is 5.82 Å². The summed E-state index contributed by atoms with van der Waals surface area (Å²) in [5.41, 5.74) is 0.349. The van der Waals surface area contributed by atoms with Gasteiger partial charge in [0.25, 0.3) is 0 Å². The molecule has 1 N–H and O–H groups in total. The fraction of sp³-hybridized carbons (Fsp3) is 0.200. The Morgan fingerprint density at radius 3 is 2.73 bits per heavy atom. The second-order valence-corrected chi connectivity index (χ2v) is 3.47. The number of benzene rings is 1. The molecule has 0 fully saturated rings. The van der Waals surface area contributed by atoms with E-state index >= 15 is 0 Å². The fourth-order valence-electron chi connectivity index (χ4n) is 0.998. The number of carbonyl (C=O) groups excluding carboxylic acids is 2. The Hall–Kier alpha value is -1.23. The first-order valence-corrected chi connectivity index (χ1v) is 5.37. The molecule has 0 aliphatic rings. The molecule has 0 heterocycles. The number of Topliss-reactive ketones (excluding diaryl/α,β-unsaturated/α-hetero) is 1. The molecule has 0 radical (unpaired) electrons. The van der Waals surface area contributed by atoms with Crippen LogP contribution >= 0.6 is 15.9 Å². The highest BCUT2D eigenvalue weighted by Crippen LogP contribution is 2.09. The van der Waals surface area contributed by atoms with Crippen LogP contribution < -0.4 is 5.32 Å². The predicted molar refractivity (Wildman–Crippen MR) is 58.4 cm³/mol. The van der Waals surface area contributed by atoms with E-state index in [0.717, 1.165) is 0 Å². The van der Waals surface area contributed by atoms with Gasteiger partial charge in [0.2, 0.25) is 5.91 Å². The minimum Gasteiger partial charge on any atom is -0.326 e. The van der Waals surface area contributed by atoms with E-state index in [1.54, 1.807) is 6.07 Å². The van der Waals surface area contributed by atoms with Gasteiger partial charge in [0.15, 0.2) is 5.78 Å². The smallest absolute Gasteiger partial charge is 0.231 e. The molecule has 1 aromatic carbocycles. The maximum Gasteiger partial charge on any atom is 0.231 e. The minimum atomic E-state index is -0.440. The van der Waals surface area contributed by atoms with Crippen LogP contribution in [0.5, 0.6) is 0 Å². The van der Waals surface area contributed by atoms with E-state index in [1.807, 2.05) is 0 Å². The quantitative estimate of drug-likeness (QED) is 0.675. The molecule has 80 valence electrons. The van der Waals surface area contributed by atoms with E-state index in [-0.39, 0.29) is 17.5 Å². The van der Waals surface area contributed by atoms with Crippen molar-refractivity contribution in [3.05, 3.63) is 30.1 Å². The van der Waals surface area contributed by atoms with Crippen molar-refractivity contribution in [3.8, 4) is 0 Å². The van der Waals surface area contributed by atoms with Crippen molar-refractivity contribution in [1.82, 2.24) is 0 Å². The third-order valence-electron chi connectivity index (χ3n) is 1.62. The topological polar surface area (TPSA) is 46.2 Å². The highest BCUT2D eigenvalue weighted by Gasteiger charge is 2.08. The monoisotopic (exact) mass is 273 g/mol. The number of hydrogen-bond donors (Lipinski definition) is 1. The van der Waals surface area contributed by atoms with E-state index < -0.39 is 11.7 Å². The SMILES string of the molecule is O=C(CBr)CC(=O)Nc1cccc(F)c1. The molecule has 0 aliphatic heterocycles. The molecule has 3 nitrogen and oxygen atoms in total. The molecule has 0 spiro atoms. The standard InChI is InChI=1S/C10H9BrFNO2/c11-6-9(14)5-10(15)13-8-3-1-2-7(12)4-8/h1-4H,5-6H2,(H,13,15). The Bertz CT molecular complexity index is 381. The van der Waals surface area contributed by atoms with Crippen molar-refractivity contribution < 1.29 is 14.0 Å². The maximum atomic E-state index is 12.7. The summed E-state index contributed by atoms with van der Waals surface area (Å²) in [7, 11) is 0. The number of ketones is 1. The van der Waals surface area contributed by atoms with Gasteiger partial charge in [-0.05, 0) is 18.2 Å². The minimum absolute atomic E-state index is 0.142. The van der Waals surface area contributed by atoms with Crippen molar-refractivity contribution in [1.29, 1.82) is 0 Å². The summed E-state index contributed by atoms with van der Waals surface area (Å²) in [6.07, 6.45) is -0.207. The van der Waals surface area contributed by atoms with Crippen molar-refractivity contribution >= 4 is 33.3 Å². The number of halogens is 2. The maximum absolute atomic E-state index is 12.7. The second kappa shape index (κ2) is 5.60. The van der Waals surface area contributed by atoms with Crippen LogP contribution in [0.1, 0.15) is 6.42 Å². The number of anilines is 1. The van der Waals surface area contributed by atoms with Gasteiger partial charge in [-0.2, -0.15) is 0 Å². The summed E-state index contributed by atoms with van der Waals surface area (Å²) in [5, 5.41) is 2.57. The molecule has 0 aromatic heterocycles. The molecule has 1 amide bonds. The largest absolute Gasteiger partial charge is 0.326 e. The predicted octanol–water partition coefficient (Wildman–Crippen LogP) is 2.12. The van der Waals surface area contributed by atoms with E-state index in [2.05, 4.69) is 21.2 Å². The third kappa shape index (κ3) is 4.20. The number of nitrogens with one attached hydrogen (secondary N) is 1. The zero-order valence-electron chi connectivity index (χ0n) is 7.80. The Balaban J connectivity index is 2.55. The zero-order chi connectivity index (χ0) is 11.3. The van der Waals surface area contributed by atoms with Gasteiger partial charge in [0, 0.05) is 5.69 Å². The first-order valence-electron chi connectivity index (χ1n) is 4.25. The Labute approximate surface area is 94.8 Å². The van der Waals surface area contributed by atoms with E-state index in [1.165, 1.54) is 18.2 Å². The molecule has 0 bridgehead atoms. The van der Waals surface area contributed by atoms with E-state index in [0.29, 0.717) is 5.69 Å². The lowest BCUT2D eigenvalue weighted by molar-refractivity contribution is -0.123. The highest BCUT2D eigenvalue weighted by molar-refractivity contribution is 9.09. The molecule has 5 heteroatoms. The molecule has 1 aromatic rings. The summed E-state index contributed by atoms with van der Waals surface area (Å²) in [6.45, 7) is 0. The summed E-state index contributed by atoms with van der Waals surface area (Å²) in [6, 6.07) is 5.51. The van der Waals surface area contributed by atoms with Crippen LogP contribution in [-0.4, -0.2) is 17.0 Å². The molecule has 0 saturated heterocycles. The van der Waals surface area contributed by atoms with Crippen molar-refractivity contribution in [2.45, 2.75) is 6.42 Å². The lowest BCUT2D eigenvalue weighted by Crippen LogP contribution is -2.16. The van der Waals surface area contributed by atoms with Crippen molar-refractivity contribution in [3.63, 3.8) is 0 Å². The average molecular weight is 274 g/mol. The van der Waals surface area contributed by atoms with E-state index in [9.17, 15) is 14.0 Å². The summed E-state index contributed by atoms with van der Waals surface area (Å²) in [5.74, 6) is -1.09. The van der Waals surface area contributed by atoms with Gasteiger partial charge in [-0.3, -0.25) is 9.59 Å². The Morgan fingerprint density at radius 2 is 2.13 bits per heavy atom.